The number of piperazine rings is 1. The van der Waals surface area contributed by atoms with Gasteiger partial charge in [0.25, 0.3) is 0 Å². The summed E-state index contributed by atoms with van der Waals surface area (Å²) in [4.78, 5) is 26.7. The van der Waals surface area contributed by atoms with Crippen LogP contribution >= 0.6 is 0 Å². The molecule has 112 valence electrons. The number of carbonyl (C=O) groups is 2. The minimum absolute atomic E-state index is 0.0330. The Morgan fingerprint density at radius 1 is 1.30 bits per heavy atom. The first-order valence-corrected chi connectivity index (χ1v) is 7.44. The van der Waals surface area contributed by atoms with Crippen LogP contribution in [-0.2, 0) is 9.59 Å². The van der Waals surface area contributed by atoms with Crippen LogP contribution in [0.15, 0.2) is 0 Å². The van der Waals surface area contributed by atoms with Gasteiger partial charge in [-0.1, -0.05) is 34.1 Å². The van der Waals surface area contributed by atoms with Crippen molar-refractivity contribution in [1.29, 1.82) is 0 Å². The molecule has 3 unspecified atom stereocenters. The maximum absolute atomic E-state index is 12.6. The molecule has 0 bridgehead atoms. The Hall–Kier alpha value is -1.50. The highest BCUT2D eigenvalue weighted by atomic mass is 16.2. The van der Waals surface area contributed by atoms with Crippen LogP contribution in [0.1, 0.15) is 47.5 Å². The topological polar surface area (TPSA) is 49.4 Å². The summed E-state index contributed by atoms with van der Waals surface area (Å²) >= 11 is 0. The Morgan fingerprint density at radius 2 is 1.95 bits per heavy atom. The molecule has 0 aromatic carbocycles. The molecule has 0 radical (unpaired) electrons. The number of nitrogens with zero attached hydrogens (tertiary/aromatic N) is 1. The largest absolute Gasteiger partial charge is 0.342 e. The monoisotopic (exact) mass is 278 g/mol. The molecular weight excluding hydrogens is 252 g/mol. The lowest BCUT2D eigenvalue weighted by molar-refractivity contribution is -0.152. The number of hydrogen-bond donors (Lipinski definition) is 1. The summed E-state index contributed by atoms with van der Waals surface area (Å²) in [6.45, 7) is 10.3. The van der Waals surface area contributed by atoms with Gasteiger partial charge in [0.15, 0.2) is 0 Å². The van der Waals surface area contributed by atoms with Gasteiger partial charge in [0.1, 0.15) is 12.1 Å². The van der Waals surface area contributed by atoms with Crippen LogP contribution in [0.5, 0.6) is 0 Å². The van der Waals surface area contributed by atoms with E-state index in [9.17, 15) is 9.59 Å². The molecular formula is C16H26N2O2. The van der Waals surface area contributed by atoms with Crippen molar-refractivity contribution in [2.45, 2.75) is 59.5 Å². The van der Waals surface area contributed by atoms with Crippen molar-refractivity contribution < 1.29 is 9.59 Å². The Bertz CT molecular complexity index is 420. The minimum Gasteiger partial charge on any atom is -0.342 e. The normalized spacial score (nSPS) is 24.2. The predicted octanol–water partition coefficient (Wildman–Crippen LogP) is 1.80. The number of rotatable bonds is 5. The highest BCUT2D eigenvalue weighted by Gasteiger charge is 2.42. The summed E-state index contributed by atoms with van der Waals surface area (Å²) in [6, 6.07) is -0.765. The Kier molecular flexibility index (Phi) is 6.06. The van der Waals surface area contributed by atoms with Gasteiger partial charge in [-0.15, -0.1) is 11.8 Å². The summed E-state index contributed by atoms with van der Waals surface area (Å²) in [7, 11) is 0. The zero-order valence-electron chi connectivity index (χ0n) is 13.2. The molecule has 1 aliphatic heterocycles. The molecule has 0 aromatic rings. The first-order chi connectivity index (χ1) is 9.43. The van der Waals surface area contributed by atoms with Crippen LogP contribution in [0.4, 0.5) is 0 Å². The molecule has 1 N–H and O–H groups in total. The van der Waals surface area contributed by atoms with Crippen molar-refractivity contribution >= 4 is 11.8 Å². The number of nitrogens with one attached hydrogen (secondary N) is 1. The highest BCUT2D eigenvalue weighted by Crippen LogP contribution is 2.22. The van der Waals surface area contributed by atoms with E-state index in [1.165, 1.54) is 0 Å². The van der Waals surface area contributed by atoms with E-state index < -0.39 is 6.04 Å². The standard InChI is InChI=1S/C16H26N2O2/c1-6-8-9-10-18-14(11(3)4)15(19)17-13(16(18)20)12(5)7-2/h11-14H,7,9-10H2,1-5H3,(H,17,19). The molecule has 0 spiro atoms. The second-order valence-electron chi connectivity index (χ2n) is 5.77. The van der Waals surface area contributed by atoms with E-state index in [0.717, 1.165) is 6.42 Å². The molecule has 3 atom stereocenters. The Balaban J connectivity index is 2.96. The van der Waals surface area contributed by atoms with Crippen molar-refractivity contribution in [2.24, 2.45) is 11.8 Å². The average Bonchev–Trinajstić information content (AvgIpc) is 2.41. The third kappa shape index (κ3) is 3.53. The molecule has 1 saturated heterocycles. The van der Waals surface area contributed by atoms with Gasteiger partial charge in [-0.3, -0.25) is 9.59 Å². The van der Waals surface area contributed by atoms with Gasteiger partial charge < -0.3 is 10.2 Å². The fourth-order valence-corrected chi connectivity index (χ4v) is 2.59. The second kappa shape index (κ2) is 7.33. The van der Waals surface area contributed by atoms with E-state index in [2.05, 4.69) is 17.2 Å². The van der Waals surface area contributed by atoms with Gasteiger partial charge in [0, 0.05) is 13.0 Å². The Labute approximate surface area is 122 Å². The predicted molar refractivity (Wildman–Crippen MR) is 79.8 cm³/mol. The lowest BCUT2D eigenvalue weighted by Gasteiger charge is -2.42. The molecule has 1 heterocycles. The maximum atomic E-state index is 12.6. The smallest absolute Gasteiger partial charge is 0.246 e. The van der Waals surface area contributed by atoms with Crippen LogP contribution in [0.25, 0.3) is 0 Å². The molecule has 1 fully saturated rings. The summed E-state index contributed by atoms with van der Waals surface area (Å²) < 4.78 is 0. The summed E-state index contributed by atoms with van der Waals surface area (Å²) in [5.74, 6) is 6.07. The van der Waals surface area contributed by atoms with Crippen LogP contribution in [0.3, 0.4) is 0 Å². The van der Waals surface area contributed by atoms with E-state index in [1.54, 1.807) is 11.8 Å². The van der Waals surface area contributed by atoms with Gasteiger partial charge in [0.2, 0.25) is 11.8 Å². The minimum atomic E-state index is -0.392. The van der Waals surface area contributed by atoms with Gasteiger partial charge >= 0.3 is 0 Å². The summed E-state index contributed by atoms with van der Waals surface area (Å²) in [6.07, 6.45) is 1.48. The van der Waals surface area contributed by atoms with E-state index in [0.29, 0.717) is 13.0 Å². The van der Waals surface area contributed by atoms with Crippen molar-refractivity contribution in [2.75, 3.05) is 6.54 Å². The van der Waals surface area contributed by atoms with Gasteiger partial charge in [-0.25, -0.2) is 0 Å². The zero-order valence-corrected chi connectivity index (χ0v) is 13.2. The highest BCUT2D eigenvalue weighted by molar-refractivity contribution is 5.97. The van der Waals surface area contributed by atoms with E-state index in [-0.39, 0.29) is 29.7 Å². The van der Waals surface area contributed by atoms with Gasteiger partial charge in [-0.05, 0) is 18.8 Å². The summed E-state index contributed by atoms with van der Waals surface area (Å²) in [5, 5.41) is 2.90. The molecule has 4 heteroatoms. The quantitative estimate of drug-likeness (QED) is 0.780. The van der Waals surface area contributed by atoms with Crippen LogP contribution < -0.4 is 5.32 Å². The van der Waals surface area contributed by atoms with E-state index in [1.807, 2.05) is 27.7 Å². The Morgan fingerprint density at radius 3 is 2.45 bits per heavy atom. The molecule has 0 saturated carbocycles. The number of hydrogen-bond acceptors (Lipinski definition) is 2. The maximum Gasteiger partial charge on any atom is 0.246 e. The molecule has 0 aromatic heterocycles. The van der Waals surface area contributed by atoms with Crippen molar-refractivity contribution in [3.8, 4) is 11.8 Å². The zero-order chi connectivity index (χ0) is 15.3. The second-order valence-corrected chi connectivity index (χ2v) is 5.77. The van der Waals surface area contributed by atoms with Crippen LogP contribution in [0, 0.1) is 23.7 Å². The van der Waals surface area contributed by atoms with Crippen LogP contribution in [0.2, 0.25) is 0 Å². The molecule has 0 aliphatic carbocycles. The summed E-state index contributed by atoms with van der Waals surface area (Å²) in [5.41, 5.74) is 0. The fourth-order valence-electron chi connectivity index (χ4n) is 2.59. The van der Waals surface area contributed by atoms with Crippen molar-refractivity contribution in [1.82, 2.24) is 10.2 Å². The van der Waals surface area contributed by atoms with E-state index >= 15 is 0 Å². The molecule has 1 aliphatic rings. The fraction of sp³-hybridized carbons (Fsp3) is 0.750. The third-order valence-corrected chi connectivity index (χ3v) is 3.95. The number of amides is 2. The molecule has 2 amide bonds. The first-order valence-electron chi connectivity index (χ1n) is 7.44. The number of carbonyl (C=O) groups excluding carboxylic acids is 2. The van der Waals surface area contributed by atoms with Gasteiger partial charge in [0.05, 0.1) is 0 Å². The molecule has 4 nitrogen and oxygen atoms in total. The first kappa shape index (κ1) is 16.6. The average molecular weight is 278 g/mol. The molecule has 1 rings (SSSR count). The lowest BCUT2D eigenvalue weighted by atomic mass is 9.91. The van der Waals surface area contributed by atoms with Gasteiger partial charge in [-0.2, -0.15) is 0 Å². The molecule has 20 heavy (non-hydrogen) atoms. The van der Waals surface area contributed by atoms with Crippen LogP contribution in [-0.4, -0.2) is 35.3 Å². The van der Waals surface area contributed by atoms with E-state index in [4.69, 9.17) is 0 Å². The SMILES string of the molecule is CC#CCCN1C(=O)C(C(C)CC)NC(=O)C1C(C)C. The van der Waals surface area contributed by atoms with Crippen molar-refractivity contribution in [3.05, 3.63) is 0 Å². The van der Waals surface area contributed by atoms with Crippen molar-refractivity contribution in [3.63, 3.8) is 0 Å². The lowest BCUT2D eigenvalue weighted by Crippen LogP contribution is -2.66. The third-order valence-electron chi connectivity index (χ3n) is 3.95.